The lowest BCUT2D eigenvalue weighted by atomic mass is 10.00. The van der Waals surface area contributed by atoms with Gasteiger partial charge in [-0.05, 0) is 31.5 Å². The molecule has 0 fully saturated rings. The van der Waals surface area contributed by atoms with Crippen LogP contribution in [0.3, 0.4) is 0 Å². The fraction of sp³-hybridized carbons (Fsp3) is 0.261. The summed E-state index contributed by atoms with van der Waals surface area (Å²) >= 11 is 0. The Morgan fingerprint density at radius 1 is 1.15 bits per heavy atom. The van der Waals surface area contributed by atoms with Gasteiger partial charge in [-0.15, -0.1) is 0 Å². The lowest BCUT2D eigenvalue weighted by molar-refractivity contribution is 0.0682. The van der Waals surface area contributed by atoms with Gasteiger partial charge in [-0.3, -0.25) is 4.79 Å². The van der Waals surface area contributed by atoms with Gasteiger partial charge in [-0.2, -0.15) is 4.98 Å². The van der Waals surface area contributed by atoms with Crippen molar-refractivity contribution in [2.45, 2.75) is 25.4 Å². The third kappa shape index (κ3) is 4.08. The van der Waals surface area contributed by atoms with Crippen LogP contribution in [-0.2, 0) is 5.54 Å². The Balaban J connectivity index is 1.65. The Morgan fingerprint density at radius 3 is 2.55 bits per heavy atom. The van der Waals surface area contributed by atoms with Gasteiger partial charge < -0.3 is 25.7 Å². The fourth-order valence-corrected chi connectivity index (χ4v) is 3.67. The topological polar surface area (TPSA) is 141 Å². The number of nitrogens with zero attached hydrogens (tertiary/aromatic N) is 4. The number of carbonyl (C=O) groups excluding carboxylic acids is 1. The third-order valence-corrected chi connectivity index (χ3v) is 5.80. The first-order chi connectivity index (χ1) is 15.7. The number of carboxylic acid groups (broad SMARTS) is 1. The SMILES string of the molecule is CN1C(=O)c2ccc(Nc3ncc(C(=O)O)c(N[C@H](CO)c4ccccc4)n3)nc2C1(C)C. The van der Waals surface area contributed by atoms with E-state index in [4.69, 9.17) is 0 Å². The number of aliphatic hydroxyl groups is 1. The highest BCUT2D eigenvalue weighted by atomic mass is 16.4. The zero-order valence-electron chi connectivity index (χ0n) is 18.4. The quantitative estimate of drug-likeness (QED) is 0.429. The van der Waals surface area contributed by atoms with E-state index in [1.165, 1.54) is 6.20 Å². The molecule has 3 heterocycles. The molecule has 33 heavy (non-hydrogen) atoms. The molecular weight excluding hydrogens is 424 g/mol. The van der Waals surface area contributed by atoms with Crippen LogP contribution in [0.15, 0.2) is 48.7 Å². The molecule has 1 aliphatic heterocycles. The number of amides is 1. The minimum absolute atomic E-state index is 0.0549. The monoisotopic (exact) mass is 448 g/mol. The Hall–Kier alpha value is -4.05. The van der Waals surface area contributed by atoms with E-state index in [9.17, 15) is 19.8 Å². The number of rotatable bonds is 7. The van der Waals surface area contributed by atoms with Crippen molar-refractivity contribution in [1.29, 1.82) is 0 Å². The summed E-state index contributed by atoms with van der Waals surface area (Å²) < 4.78 is 0. The second-order valence-corrected chi connectivity index (χ2v) is 8.19. The van der Waals surface area contributed by atoms with E-state index in [1.807, 2.05) is 44.2 Å². The van der Waals surface area contributed by atoms with E-state index >= 15 is 0 Å². The van der Waals surface area contributed by atoms with Crippen LogP contribution in [0.25, 0.3) is 0 Å². The molecule has 1 aliphatic rings. The maximum Gasteiger partial charge on any atom is 0.341 e. The number of anilines is 3. The zero-order chi connectivity index (χ0) is 23.8. The van der Waals surface area contributed by atoms with E-state index < -0.39 is 17.6 Å². The Morgan fingerprint density at radius 2 is 1.88 bits per heavy atom. The van der Waals surface area contributed by atoms with E-state index in [-0.39, 0.29) is 29.8 Å². The molecule has 0 unspecified atom stereocenters. The second kappa shape index (κ2) is 8.47. The van der Waals surface area contributed by atoms with Crippen molar-refractivity contribution in [2.24, 2.45) is 0 Å². The second-order valence-electron chi connectivity index (χ2n) is 8.19. The highest BCUT2D eigenvalue weighted by molar-refractivity contribution is 5.99. The average molecular weight is 448 g/mol. The Kier molecular flexibility index (Phi) is 5.69. The number of aromatic carboxylic acids is 1. The van der Waals surface area contributed by atoms with E-state index in [1.54, 1.807) is 24.1 Å². The summed E-state index contributed by atoms with van der Waals surface area (Å²) in [6, 6.07) is 11.9. The van der Waals surface area contributed by atoms with Crippen molar-refractivity contribution in [3.05, 3.63) is 71.0 Å². The lowest BCUT2D eigenvalue weighted by Crippen LogP contribution is -2.35. The first-order valence-electron chi connectivity index (χ1n) is 10.3. The van der Waals surface area contributed by atoms with Crippen LogP contribution >= 0.6 is 0 Å². The van der Waals surface area contributed by atoms with Gasteiger partial charge in [-0.25, -0.2) is 14.8 Å². The van der Waals surface area contributed by atoms with Crippen LogP contribution in [0.5, 0.6) is 0 Å². The fourth-order valence-electron chi connectivity index (χ4n) is 3.67. The van der Waals surface area contributed by atoms with Gasteiger partial charge in [0.2, 0.25) is 5.95 Å². The van der Waals surface area contributed by atoms with Gasteiger partial charge in [0.15, 0.2) is 0 Å². The van der Waals surface area contributed by atoms with Crippen molar-refractivity contribution in [2.75, 3.05) is 24.3 Å². The number of aromatic nitrogens is 3. The number of carboxylic acids is 1. The summed E-state index contributed by atoms with van der Waals surface area (Å²) in [6.45, 7) is 3.55. The molecule has 4 N–H and O–H groups in total. The molecular formula is C23H24N6O4. The van der Waals surface area contributed by atoms with E-state index in [0.29, 0.717) is 17.1 Å². The number of fused-ring (bicyclic) bond motifs is 1. The number of hydrogen-bond donors (Lipinski definition) is 4. The molecule has 0 saturated heterocycles. The summed E-state index contributed by atoms with van der Waals surface area (Å²) in [4.78, 5) is 38.8. The Labute approximate surface area is 190 Å². The number of aliphatic hydroxyl groups excluding tert-OH is 1. The van der Waals surface area contributed by atoms with Gasteiger partial charge >= 0.3 is 5.97 Å². The highest BCUT2D eigenvalue weighted by Crippen LogP contribution is 2.37. The summed E-state index contributed by atoms with van der Waals surface area (Å²) in [6.07, 6.45) is 1.19. The molecule has 0 aliphatic carbocycles. The number of benzene rings is 1. The molecule has 1 aromatic carbocycles. The van der Waals surface area contributed by atoms with Crippen LogP contribution < -0.4 is 10.6 Å². The summed E-state index contributed by atoms with van der Waals surface area (Å²) in [5.74, 6) is -0.707. The first-order valence-corrected chi connectivity index (χ1v) is 10.3. The minimum Gasteiger partial charge on any atom is -0.477 e. The van der Waals surface area contributed by atoms with Crippen LogP contribution in [-0.4, -0.2) is 55.6 Å². The third-order valence-electron chi connectivity index (χ3n) is 5.80. The molecule has 4 rings (SSSR count). The number of pyridine rings is 1. The van der Waals surface area contributed by atoms with E-state index in [0.717, 1.165) is 5.56 Å². The van der Waals surface area contributed by atoms with Crippen LogP contribution in [0.1, 0.15) is 51.9 Å². The average Bonchev–Trinajstić information content (AvgIpc) is 2.98. The maximum atomic E-state index is 12.4. The van der Waals surface area contributed by atoms with Gasteiger partial charge in [0, 0.05) is 13.2 Å². The largest absolute Gasteiger partial charge is 0.477 e. The van der Waals surface area contributed by atoms with Crippen LogP contribution in [0.4, 0.5) is 17.6 Å². The Bertz CT molecular complexity index is 1210. The molecule has 2 aromatic heterocycles. The van der Waals surface area contributed by atoms with Crippen LogP contribution in [0, 0.1) is 0 Å². The number of hydrogen-bond acceptors (Lipinski definition) is 8. The normalized spacial score (nSPS) is 15.2. The standard InChI is InChI=1S/C23H24N6O4/c1-23(2)18-14(20(31)29(23)3)9-10-17(26-18)27-22-24-11-15(21(32)33)19(28-22)25-16(12-30)13-7-5-4-6-8-13/h4-11,16,30H,12H2,1-3H3,(H,32,33)(H2,24,25,26,27,28)/t16-/m1/s1. The van der Waals surface area contributed by atoms with Gasteiger partial charge in [-0.1, -0.05) is 30.3 Å². The van der Waals surface area contributed by atoms with Crippen molar-refractivity contribution >= 4 is 29.5 Å². The predicted molar refractivity (Wildman–Crippen MR) is 122 cm³/mol. The van der Waals surface area contributed by atoms with Crippen LogP contribution in [0.2, 0.25) is 0 Å². The highest BCUT2D eigenvalue weighted by Gasteiger charge is 2.42. The summed E-state index contributed by atoms with van der Waals surface area (Å²) in [5, 5.41) is 25.4. The molecule has 170 valence electrons. The molecule has 1 atom stereocenters. The predicted octanol–water partition coefficient (Wildman–Crippen LogP) is 2.78. The van der Waals surface area contributed by atoms with Crippen molar-refractivity contribution in [3.63, 3.8) is 0 Å². The van der Waals surface area contributed by atoms with Gasteiger partial charge in [0.25, 0.3) is 5.91 Å². The maximum absolute atomic E-state index is 12.4. The number of carbonyl (C=O) groups is 2. The molecule has 0 saturated carbocycles. The summed E-state index contributed by atoms with van der Waals surface area (Å²) in [5.41, 5.74) is 1.23. The van der Waals surface area contributed by atoms with Gasteiger partial charge in [0.1, 0.15) is 17.2 Å². The molecule has 1 amide bonds. The van der Waals surface area contributed by atoms with Gasteiger partial charge in [0.05, 0.1) is 29.4 Å². The summed E-state index contributed by atoms with van der Waals surface area (Å²) in [7, 11) is 1.73. The van der Waals surface area contributed by atoms with Crippen molar-refractivity contribution in [1.82, 2.24) is 19.9 Å². The molecule has 0 bridgehead atoms. The molecule has 0 spiro atoms. The first kappa shape index (κ1) is 22.2. The van der Waals surface area contributed by atoms with Crippen molar-refractivity contribution < 1.29 is 19.8 Å². The van der Waals surface area contributed by atoms with Crippen molar-refractivity contribution in [3.8, 4) is 0 Å². The zero-order valence-corrected chi connectivity index (χ0v) is 18.4. The molecule has 0 radical (unpaired) electrons. The molecule has 10 nitrogen and oxygen atoms in total. The molecule has 10 heteroatoms. The molecule has 3 aromatic rings. The smallest absolute Gasteiger partial charge is 0.341 e. The lowest BCUT2D eigenvalue weighted by Gasteiger charge is -2.27. The van der Waals surface area contributed by atoms with E-state index in [2.05, 4.69) is 25.6 Å². The number of nitrogens with one attached hydrogen (secondary N) is 2. The minimum atomic E-state index is -1.20.